The maximum absolute atomic E-state index is 12.6. The molecule has 8 heteroatoms. The van der Waals surface area contributed by atoms with E-state index in [2.05, 4.69) is 5.32 Å². The second-order valence-corrected chi connectivity index (χ2v) is 7.57. The van der Waals surface area contributed by atoms with E-state index in [-0.39, 0.29) is 31.6 Å². The van der Waals surface area contributed by atoms with Crippen molar-refractivity contribution in [3.63, 3.8) is 0 Å². The molecule has 1 unspecified atom stereocenters. The average Bonchev–Trinajstić information content (AvgIpc) is 2.81. The van der Waals surface area contributed by atoms with Crippen LogP contribution in [0.3, 0.4) is 0 Å². The minimum atomic E-state index is -3.78. The van der Waals surface area contributed by atoms with E-state index in [1.54, 1.807) is 26.8 Å². The molecule has 0 aromatic heterocycles. The zero-order valence-corrected chi connectivity index (χ0v) is 14.3. The molecule has 1 saturated carbocycles. The van der Waals surface area contributed by atoms with Gasteiger partial charge in [0.15, 0.2) is 0 Å². The number of phosphoric ester groups is 1. The summed E-state index contributed by atoms with van der Waals surface area (Å²) in [7, 11) is -3.78. The van der Waals surface area contributed by atoms with Crippen molar-refractivity contribution < 1.29 is 28.3 Å². The molecule has 0 bridgehead atoms. The summed E-state index contributed by atoms with van der Waals surface area (Å²) in [5, 5.41) is 23.8. The maximum Gasteiger partial charge on any atom is 0.529 e. The zero-order chi connectivity index (χ0) is 16.4. The second-order valence-electron chi connectivity index (χ2n) is 5.97. The van der Waals surface area contributed by atoms with Gasteiger partial charge in [-0.2, -0.15) is 0 Å². The van der Waals surface area contributed by atoms with Crippen molar-refractivity contribution in [1.82, 2.24) is 5.32 Å². The Balaban J connectivity index is 2.34. The summed E-state index contributed by atoms with van der Waals surface area (Å²) >= 11 is 0. The predicted octanol–water partition coefficient (Wildman–Crippen LogP) is 1.71. The third-order valence-electron chi connectivity index (χ3n) is 4.12. The van der Waals surface area contributed by atoms with Crippen molar-refractivity contribution in [2.45, 2.75) is 57.2 Å². The fourth-order valence-electron chi connectivity index (χ4n) is 3.05. The van der Waals surface area contributed by atoms with E-state index in [4.69, 9.17) is 13.6 Å². The lowest BCUT2D eigenvalue weighted by molar-refractivity contribution is -0.0117. The van der Waals surface area contributed by atoms with Crippen LogP contribution in [-0.2, 0) is 18.1 Å². The highest BCUT2D eigenvalue weighted by atomic mass is 31.2. The molecule has 128 valence electrons. The Morgan fingerprint density at radius 2 is 2.05 bits per heavy atom. The highest BCUT2D eigenvalue weighted by Gasteiger charge is 2.53. The van der Waals surface area contributed by atoms with Gasteiger partial charge < -0.3 is 14.7 Å². The molecule has 22 heavy (non-hydrogen) atoms. The summed E-state index contributed by atoms with van der Waals surface area (Å²) in [6.07, 6.45) is 3.64. The van der Waals surface area contributed by atoms with E-state index < -0.39 is 19.0 Å². The van der Waals surface area contributed by atoms with E-state index in [9.17, 15) is 14.8 Å². The lowest BCUT2D eigenvalue weighted by Crippen LogP contribution is -2.61. The molecule has 0 aromatic carbocycles. The number of fused-ring (bicyclic) bond motifs is 1. The van der Waals surface area contributed by atoms with Crippen molar-refractivity contribution in [3.05, 3.63) is 11.8 Å². The van der Waals surface area contributed by atoms with Gasteiger partial charge in [-0.3, -0.25) is 14.4 Å². The average molecular weight is 335 g/mol. The lowest BCUT2D eigenvalue weighted by atomic mass is 9.84. The summed E-state index contributed by atoms with van der Waals surface area (Å²) < 4.78 is 28.4. The molecule has 1 aliphatic heterocycles. The number of aliphatic hydroxyl groups excluding tert-OH is 1. The van der Waals surface area contributed by atoms with Crippen molar-refractivity contribution >= 4 is 7.82 Å². The highest BCUT2D eigenvalue weighted by molar-refractivity contribution is 7.48. The first-order valence-electron chi connectivity index (χ1n) is 7.74. The van der Waals surface area contributed by atoms with Crippen LogP contribution >= 0.6 is 7.82 Å². The van der Waals surface area contributed by atoms with Crippen LogP contribution in [0.15, 0.2) is 11.8 Å². The Labute approximate surface area is 131 Å². The summed E-state index contributed by atoms with van der Waals surface area (Å²) in [6.45, 7) is 5.35. The second kappa shape index (κ2) is 6.59. The summed E-state index contributed by atoms with van der Waals surface area (Å²) in [5.74, 6) is 0.163. The molecule has 3 atom stereocenters. The molecule has 0 spiro atoms. The number of aliphatic hydroxyl groups is 2. The monoisotopic (exact) mass is 335 g/mol. The Kier molecular flexibility index (Phi) is 5.37. The summed E-state index contributed by atoms with van der Waals surface area (Å²) in [5.41, 5.74) is -2.00. The van der Waals surface area contributed by atoms with Gasteiger partial charge in [0.1, 0.15) is 11.4 Å². The first-order chi connectivity index (χ1) is 10.3. The van der Waals surface area contributed by atoms with Gasteiger partial charge in [-0.1, -0.05) is 0 Å². The number of hydrogen-bond acceptors (Lipinski definition) is 7. The zero-order valence-electron chi connectivity index (χ0n) is 13.4. The molecule has 1 fully saturated rings. The van der Waals surface area contributed by atoms with Crippen molar-refractivity contribution in [1.29, 1.82) is 0 Å². The van der Waals surface area contributed by atoms with Crippen LogP contribution in [0, 0.1) is 0 Å². The molecule has 2 aliphatic rings. The standard InChI is InChI=1S/C14H26NO6P/c1-4-19-22(18,20-5-2)21-12-9-13(3,10-16)15-11-7-6-8-14(11,12)17/h9,11,15-17H,4-8,10H2,1-3H3/t11-,13?,14+/m0/s1. The third-order valence-corrected chi connectivity index (χ3v) is 5.69. The van der Waals surface area contributed by atoms with E-state index in [0.717, 1.165) is 12.8 Å². The van der Waals surface area contributed by atoms with Crippen molar-refractivity contribution in [3.8, 4) is 0 Å². The smallest absolute Gasteiger partial charge is 0.406 e. The molecule has 0 aromatic rings. The van der Waals surface area contributed by atoms with Crippen LogP contribution in [-0.4, -0.2) is 47.2 Å². The fraction of sp³-hybridized carbons (Fsp3) is 0.857. The highest BCUT2D eigenvalue weighted by Crippen LogP contribution is 2.55. The number of nitrogens with one attached hydrogen (secondary N) is 1. The van der Waals surface area contributed by atoms with Gasteiger partial charge in [-0.15, -0.1) is 0 Å². The minimum Gasteiger partial charge on any atom is -0.406 e. The first kappa shape index (κ1) is 17.9. The Morgan fingerprint density at radius 1 is 1.41 bits per heavy atom. The van der Waals surface area contributed by atoms with Crippen LogP contribution in [0.4, 0.5) is 0 Å². The van der Waals surface area contributed by atoms with E-state index in [1.165, 1.54) is 0 Å². The Bertz CT molecular complexity index is 474. The maximum atomic E-state index is 12.6. The normalized spacial score (nSPS) is 35.1. The molecule has 2 rings (SSSR count). The molecule has 0 amide bonds. The third kappa shape index (κ3) is 3.40. The van der Waals surface area contributed by atoms with Gasteiger partial charge in [0.05, 0.1) is 25.4 Å². The number of rotatable bonds is 7. The van der Waals surface area contributed by atoms with Crippen molar-refractivity contribution in [2.24, 2.45) is 0 Å². The van der Waals surface area contributed by atoms with Gasteiger partial charge in [-0.25, -0.2) is 4.57 Å². The number of phosphoric acid groups is 1. The molecule has 0 saturated heterocycles. The lowest BCUT2D eigenvalue weighted by Gasteiger charge is -2.43. The molecule has 7 nitrogen and oxygen atoms in total. The molecule has 0 radical (unpaired) electrons. The predicted molar refractivity (Wildman–Crippen MR) is 81.2 cm³/mol. The first-order valence-corrected chi connectivity index (χ1v) is 9.20. The van der Waals surface area contributed by atoms with Gasteiger partial charge in [0.25, 0.3) is 0 Å². The van der Waals surface area contributed by atoms with Gasteiger partial charge in [-0.05, 0) is 46.1 Å². The minimum absolute atomic E-state index is 0.163. The van der Waals surface area contributed by atoms with E-state index >= 15 is 0 Å². The van der Waals surface area contributed by atoms with Crippen molar-refractivity contribution in [2.75, 3.05) is 19.8 Å². The van der Waals surface area contributed by atoms with Gasteiger partial charge >= 0.3 is 7.82 Å². The molecular weight excluding hydrogens is 309 g/mol. The van der Waals surface area contributed by atoms with E-state index in [0.29, 0.717) is 6.42 Å². The Hall–Kier alpha value is -0.430. The quantitative estimate of drug-likeness (QED) is 0.609. The van der Waals surface area contributed by atoms with Crippen LogP contribution in [0.25, 0.3) is 0 Å². The summed E-state index contributed by atoms with van der Waals surface area (Å²) in [4.78, 5) is 0. The number of hydrogen-bond donors (Lipinski definition) is 3. The van der Waals surface area contributed by atoms with Gasteiger partial charge in [0, 0.05) is 6.04 Å². The topological polar surface area (TPSA) is 97.3 Å². The van der Waals surface area contributed by atoms with Crippen LogP contribution < -0.4 is 5.32 Å². The van der Waals surface area contributed by atoms with Crippen LogP contribution in [0.2, 0.25) is 0 Å². The van der Waals surface area contributed by atoms with Gasteiger partial charge in [0.2, 0.25) is 0 Å². The van der Waals surface area contributed by atoms with Crippen LogP contribution in [0.5, 0.6) is 0 Å². The summed E-state index contributed by atoms with van der Waals surface area (Å²) in [6, 6.07) is -0.263. The van der Waals surface area contributed by atoms with Crippen LogP contribution in [0.1, 0.15) is 40.0 Å². The molecule has 3 N–H and O–H groups in total. The molecule has 1 heterocycles. The fourth-order valence-corrected chi connectivity index (χ4v) is 4.32. The Morgan fingerprint density at radius 3 is 2.59 bits per heavy atom. The molecule has 1 aliphatic carbocycles. The SMILES string of the molecule is CCOP(=O)(OCC)OC1=CC(C)(CO)N[C@H]2CCC[C@]12O. The largest absolute Gasteiger partial charge is 0.529 e. The molecular formula is C14H26NO6P. The van der Waals surface area contributed by atoms with E-state index in [1.807, 2.05) is 0 Å².